The number of benzene rings is 2. The Hall–Kier alpha value is -1.83. The van der Waals surface area contributed by atoms with Crippen LogP contribution in [-0.2, 0) is 16.4 Å². The summed E-state index contributed by atoms with van der Waals surface area (Å²) in [5, 5.41) is 3.24. The lowest BCUT2D eigenvalue weighted by Gasteiger charge is -2.27. The van der Waals surface area contributed by atoms with E-state index in [0.717, 1.165) is 36.2 Å². The Morgan fingerprint density at radius 3 is 2.75 bits per heavy atom. The summed E-state index contributed by atoms with van der Waals surface area (Å²) < 4.78 is 54.6. The molecule has 1 unspecified atom stereocenters. The van der Waals surface area contributed by atoms with Crippen LogP contribution in [0.1, 0.15) is 22.7 Å². The van der Waals surface area contributed by atoms with Gasteiger partial charge in [-0.1, -0.05) is 24.3 Å². The Bertz CT molecular complexity index is 869. The van der Waals surface area contributed by atoms with Crippen molar-refractivity contribution in [2.75, 3.05) is 13.1 Å². The number of aryl methyl sites for hydroxylation is 1. The van der Waals surface area contributed by atoms with Crippen LogP contribution in [0.2, 0.25) is 0 Å². The molecule has 0 radical (unpaired) electrons. The maximum absolute atomic E-state index is 13.9. The van der Waals surface area contributed by atoms with Gasteiger partial charge in [-0.25, -0.2) is 21.9 Å². The van der Waals surface area contributed by atoms with Gasteiger partial charge in [0.25, 0.3) is 0 Å². The van der Waals surface area contributed by atoms with Gasteiger partial charge in [0.05, 0.1) is 0 Å². The standard InChI is InChI=1S/C17H18F2N2O2S/c1-11-8-15(19)17(9-14(11)18)24(22,23)21-10-16-13-5-3-2-4-12(13)6-7-20-16/h2-5,8-9,16,20-21H,6-7,10H2,1H3. The predicted octanol–water partition coefficient (Wildman–Crippen LogP) is 2.44. The number of fused-ring (bicyclic) bond motifs is 1. The molecule has 0 bridgehead atoms. The first-order valence-electron chi connectivity index (χ1n) is 7.65. The average Bonchev–Trinajstić information content (AvgIpc) is 2.56. The molecule has 128 valence electrons. The first-order valence-corrected chi connectivity index (χ1v) is 9.13. The number of hydrogen-bond acceptors (Lipinski definition) is 3. The fourth-order valence-corrected chi connectivity index (χ4v) is 4.00. The minimum atomic E-state index is -4.14. The first kappa shape index (κ1) is 17.0. The van der Waals surface area contributed by atoms with Gasteiger partial charge in [-0.15, -0.1) is 0 Å². The maximum Gasteiger partial charge on any atom is 0.243 e. The molecule has 0 fully saturated rings. The molecule has 1 heterocycles. The average molecular weight is 352 g/mol. The summed E-state index contributed by atoms with van der Waals surface area (Å²) in [6.07, 6.45) is 0.872. The highest BCUT2D eigenvalue weighted by molar-refractivity contribution is 7.89. The van der Waals surface area contributed by atoms with Crippen LogP contribution in [0.15, 0.2) is 41.3 Å². The van der Waals surface area contributed by atoms with Crippen molar-refractivity contribution in [1.29, 1.82) is 0 Å². The third kappa shape index (κ3) is 3.33. The molecule has 1 aliphatic heterocycles. The van der Waals surface area contributed by atoms with Gasteiger partial charge in [0.2, 0.25) is 10.0 Å². The van der Waals surface area contributed by atoms with Gasteiger partial charge in [0.15, 0.2) is 0 Å². The lowest BCUT2D eigenvalue weighted by atomic mass is 9.95. The molecule has 0 saturated carbocycles. The van der Waals surface area contributed by atoms with E-state index in [1.807, 2.05) is 24.3 Å². The molecule has 0 aliphatic carbocycles. The van der Waals surface area contributed by atoms with E-state index >= 15 is 0 Å². The van der Waals surface area contributed by atoms with Crippen molar-refractivity contribution >= 4 is 10.0 Å². The number of nitrogens with one attached hydrogen (secondary N) is 2. The zero-order valence-electron chi connectivity index (χ0n) is 13.1. The van der Waals surface area contributed by atoms with Crippen LogP contribution in [0, 0.1) is 18.6 Å². The summed E-state index contributed by atoms with van der Waals surface area (Å²) >= 11 is 0. The molecule has 7 heteroatoms. The van der Waals surface area contributed by atoms with Crippen LogP contribution in [0.3, 0.4) is 0 Å². The molecule has 0 aromatic heterocycles. The summed E-state index contributed by atoms with van der Waals surface area (Å²) in [7, 11) is -4.14. The first-order chi connectivity index (χ1) is 11.4. The summed E-state index contributed by atoms with van der Waals surface area (Å²) in [6, 6.07) is 9.17. The highest BCUT2D eigenvalue weighted by atomic mass is 32.2. The molecule has 0 spiro atoms. The van der Waals surface area contributed by atoms with Crippen molar-refractivity contribution in [2.45, 2.75) is 24.3 Å². The van der Waals surface area contributed by atoms with E-state index in [1.54, 1.807) is 0 Å². The second-order valence-corrected chi connectivity index (χ2v) is 7.57. The van der Waals surface area contributed by atoms with Crippen molar-refractivity contribution in [1.82, 2.24) is 10.0 Å². The highest BCUT2D eigenvalue weighted by Crippen LogP contribution is 2.23. The zero-order chi connectivity index (χ0) is 17.3. The highest BCUT2D eigenvalue weighted by Gasteiger charge is 2.25. The third-order valence-electron chi connectivity index (χ3n) is 4.20. The fourth-order valence-electron chi connectivity index (χ4n) is 2.88. The zero-order valence-corrected chi connectivity index (χ0v) is 14.0. The molecular weight excluding hydrogens is 334 g/mol. The summed E-state index contributed by atoms with van der Waals surface area (Å²) in [4.78, 5) is -0.672. The second-order valence-electron chi connectivity index (χ2n) is 5.84. The molecular formula is C17H18F2N2O2S. The smallest absolute Gasteiger partial charge is 0.243 e. The monoisotopic (exact) mass is 352 g/mol. The van der Waals surface area contributed by atoms with E-state index in [-0.39, 0.29) is 18.2 Å². The van der Waals surface area contributed by atoms with Gasteiger partial charge >= 0.3 is 0 Å². The van der Waals surface area contributed by atoms with E-state index in [0.29, 0.717) is 0 Å². The van der Waals surface area contributed by atoms with Gasteiger partial charge in [-0.2, -0.15) is 0 Å². The number of halogens is 2. The molecule has 3 rings (SSSR count). The minimum Gasteiger partial charge on any atom is -0.308 e. The van der Waals surface area contributed by atoms with Crippen molar-refractivity contribution in [2.24, 2.45) is 0 Å². The number of rotatable bonds is 4. The van der Waals surface area contributed by atoms with Crippen LogP contribution in [-0.4, -0.2) is 21.5 Å². The van der Waals surface area contributed by atoms with Crippen molar-refractivity contribution in [3.05, 3.63) is 64.7 Å². The normalized spacial score (nSPS) is 17.5. The minimum absolute atomic E-state index is 0.0638. The van der Waals surface area contributed by atoms with Crippen LogP contribution in [0.4, 0.5) is 8.78 Å². The maximum atomic E-state index is 13.9. The van der Waals surface area contributed by atoms with Crippen molar-refractivity contribution in [3.8, 4) is 0 Å². The summed E-state index contributed by atoms with van der Waals surface area (Å²) in [5.74, 6) is -1.71. The molecule has 0 saturated heterocycles. The third-order valence-corrected chi connectivity index (χ3v) is 5.63. The van der Waals surface area contributed by atoms with Crippen LogP contribution < -0.4 is 10.0 Å². The van der Waals surface area contributed by atoms with Crippen LogP contribution >= 0.6 is 0 Å². The SMILES string of the molecule is Cc1cc(F)c(S(=O)(=O)NCC2NCCc3ccccc32)cc1F. The lowest BCUT2D eigenvalue weighted by molar-refractivity contribution is 0.488. The Morgan fingerprint density at radius 2 is 1.96 bits per heavy atom. The molecule has 2 N–H and O–H groups in total. The Balaban J connectivity index is 1.81. The van der Waals surface area contributed by atoms with Crippen molar-refractivity contribution in [3.63, 3.8) is 0 Å². The second kappa shape index (κ2) is 6.58. The van der Waals surface area contributed by atoms with Gasteiger partial charge < -0.3 is 5.32 Å². The quantitative estimate of drug-likeness (QED) is 0.889. The topological polar surface area (TPSA) is 58.2 Å². The molecule has 0 amide bonds. The number of hydrogen-bond donors (Lipinski definition) is 2. The van der Waals surface area contributed by atoms with Crippen LogP contribution in [0.25, 0.3) is 0 Å². The molecule has 1 aliphatic rings. The Labute approximate surface area is 139 Å². The molecule has 1 atom stereocenters. The van der Waals surface area contributed by atoms with E-state index in [2.05, 4.69) is 10.0 Å². The predicted molar refractivity (Wildman–Crippen MR) is 87.2 cm³/mol. The molecule has 2 aromatic carbocycles. The molecule has 24 heavy (non-hydrogen) atoms. The van der Waals surface area contributed by atoms with Crippen molar-refractivity contribution < 1.29 is 17.2 Å². The summed E-state index contributed by atoms with van der Waals surface area (Å²) in [6.45, 7) is 2.18. The Morgan fingerprint density at radius 1 is 1.21 bits per heavy atom. The van der Waals surface area contributed by atoms with E-state index in [9.17, 15) is 17.2 Å². The Kier molecular flexibility index (Phi) is 4.67. The van der Waals surface area contributed by atoms with E-state index in [4.69, 9.17) is 0 Å². The number of sulfonamides is 1. The van der Waals surface area contributed by atoms with Gasteiger partial charge in [-0.05, 0) is 48.7 Å². The van der Waals surface area contributed by atoms with Crippen LogP contribution in [0.5, 0.6) is 0 Å². The fraction of sp³-hybridized carbons (Fsp3) is 0.294. The largest absolute Gasteiger partial charge is 0.308 e. The molecule has 2 aromatic rings. The van der Waals surface area contributed by atoms with Gasteiger partial charge in [-0.3, -0.25) is 0 Å². The van der Waals surface area contributed by atoms with Gasteiger partial charge in [0.1, 0.15) is 16.5 Å². The van der Waals surface area contributed by atoms with E-state index in [1.165, 1.54) is 6.92 Å². The lowest BCUT2D eigenvalue weighted by Crippen LogP contribution is -2.39. The molecule has 4 nitrogen and oxygen atoms in total. The summed E-state index contributed by atoms with van der Waals surface area (Å²) in [5.41, 5.74) is 2.24. The van der Waals surface area contributed by atoms with Gasteiger partial charge in [0, 0.05) is 12.6 Å². The van der Waals surface area contributed by atoms with E-state index < -0.39 is 26.6 Å².